The van der Waals surface area contributed by atoms with Gasteiger partial charge in [-0.3, -0.25) is 4.90 Å². The number of hydrogen-bond acceptors (Lipinski definition) is 1. The Kier molecular flexibility index (Phi) is 1.80. The van der Waals surface area contributed by atoms with Gasteiger partial charge in [0.2, 0.25) is 0 Å². The first-order valence-electron chi connectivity index (χ1n) is 3.92. The minimum atomic E-state index is 0.524. The van der Waals surface area contributed by atoms with Gasteiger partial charge in [0, 0.05) is 12.1 Å². The van der Waals surface area contributed by atoms with Crippen LogP contribution in [0.3, 0.4) is 0 Å². The van der Waals surface area contributed by atoms with Gasteiger partial charge in [0.15, 0.2) is 0 Å². The monoisotopic (exact) mass is 127 g/mol. The first kappa shape index (κ1) is 7.07. The molecule has 0 saturated carbocycles. The quantitative estimate of drug-likeness (QED) is 0.547. The van der Waals surface area contributed by atoms with Crippen molar-refractivity contribution in [2.75, 3.05) is 13.1 Å². The van der Waals surface area contributed by atoms with Crippen molar-refractivity contribution in [1.82, 2.24) is 4.90 Å². The molecule has 1 rings (SSSR count). The van der Waals surface area contributed by atoms with E-state index < -0.39 is 0 Å². The summed E-state index contributed by atoms with van der Waals surface area (Å²) in [5.41, 5.74) is 0.524. The van der Waals surface area contributed by atoms with E-state index in [-0.39, 0.29) is 0 Å². The van der Waals surface area contributed by atoms with Gasteiger partial charge >= 0.3 is 0 Å². The molecule has 1 heterocycles. The largest absolute Gasteiger partial charge is 0.298 e. The van der Waals surface area contributed by atoms with E-state index in [1.54, 1.807) is 0 Å². The van der Waals surface area contributed by atoms with Crippen molar-refractivity contribution in [3.8, 4) is 0 Å². The summed E-state index contributed by atoms with van der Waals surface area (Å²) in [6.07, 6.45) is 2.68. The average Bonchev–Trinajstić information content (AvgIpc) is 1.81. The van der Waals surface area contributed by atoms with E-state index in [1.807, 2.05) is 0 Å². The fourth-order valence-corrected chi connectivity index (χ4v) is 1.40. The molecule has 0 aromatic carbocycles. The van der Waals surface area contributed by atoms with E-state index in [0.29, 0.717) is 5.54 Å². The molecule has 0 N–H and O–H groups in total. The molecule has 1 fully saturated rings. The van der Waals surface area contributed by atoms with Gasteiger partial charge in [-0.2, -0.15) is 0 Å². The van der Waals surface area contributed by atoms with Crippen molar-refractivity contribution in [1.29, 1.82) is 0 Å². The van der Waals surface area contributed by atoms with Gasteiger partial charge in [-0.15, -0.1) is 0 Å². The van der Waals surface area contributed by atoms with Crippen LogP contribution < -0.4 is 0 Å². The normalized spacial score (nSPS) is 25.7. The lowest BCUT2D eigenvalue weighted by molar-refractivity contribution is 0.0164. The molecule has 0 bridgehead atoms. The number of likely N-dealkylation sites (tertiary alicyclic amines) is 1. The standard InChI is InChI=1S/C8H17N/c1-4-6-9-7-5-8(9,2)3/h4-7H2,1-3H3. The first-order valence-corrected chi connectivity index (χ1v) is 3.92. The predicted octanol–water partition coefficient (Wildman–Crippen LogP) is 1.88. The molecule has 0 spiro atoms. The molecule has 0 aromatic heterocycles. The molecule has 9 heavy (non-hydrogen) atoms. The smallest absolute Gasteiger partial charge is 0.0165 e. The minimum absolute atomic E-state index is 0.524. The zero-order chi connectivity index (χ0) is 6.91. The zero-order valence-electron chi connectivity index (χ0n) is 6.78. The SMILES string of the molecule is CCCN1CCC1(C)C. The van der Waals surface area contributed by atoms with Gasteiger partial charge in [0.1, 0.15) is 0 Å². The maximum absolute atomic E-state index is 2.55. The lowest BCUT2D eigenvalue weighted by atomic mass is 9.89. The minimum Gasteiger partial charge on any atom is -0.298 e. The van der Waals surface area contributed by atoms with Crippen molar-refractivity contribution < 1.29 is 0 Å². The zero-order valence-corrected chi connectivity index (χ0v) is 6.78. The summed E-state index contributed by atoms with van der Waals surface area (Å²) in [6.45, 7) is 9.50. The summed E-state index contributed by atoms with van der Waals surface area (Å²) in [4.78, 5) is 2.55. The second-order valence-corrected chi connectivity index (χ2v) is 3.55. The molecule has 1 nitrogen and oxygen atoms in total. The van der Waals surface area contributed by atoms with Gasteiger partial charge < -0.3 is 0 Å². The molecular weight excluding hydrogens is 110 g/mol. The Bertz CT molecular complexity index is 96.7. The fourth-order valence-electron chi connectivity index (χ4n) is 1.40. The Morgan fingerprint density at radius 3 is 2.22 bits per heavy atom. The Labute approximate surface area is 58.0 Å². The van der Waals surface area contributed by atoms with Gasteiger partial charge in [-0.05, 0) is 33.2 Å². The molecule has 54 valence electrons. The van der Waals surface area contributed by atoms with Crippen molar-refractivity contribution in [2.45, 2.75) is 39.2 Å². The van der Waals surface area contributed by atoms with Crippen LogP contribution in [0.2, 0.25) is 0 Å². The molecule has 1 aliphatic heterocycles. The van der Waals surface area contributed by atoms with Crippen LogP contribution in [0.25, 0.3) is 0 Å². The molecule has 0 radical (unpaired) electrons. The van der Waals surface area contributed by atoms with Crippen LogP contribution in [0.4, 0.5) is 0 Å². The van der Waals surface area contributed by atoms with Crippen LogP contribution in [-0.4, -0.2) is 23.5 Å². The van der Waals surface area contributed by atoms with Gasteiger partial charge in [0.25, 0.3) is 0 Å². The average molecular weight is 127 g/mol. The Balaban J connectivity index is 2.28. The molecule has 0 aromatic rings. The summed E-state index contributed by atoms with van der Waals surface area (Å²) in [5, 5.41) is 0. The Morgan fingerprint density at radius 2 is 2.11 bits per heavy atom. The fraction of sp³-hybridized carbons (Fsp3) is 1.00. The summed E-state index contributed by atoms with van der Waals surface area (Å²) in [7, 11) is 0. The van der Waals surface area contributed by atoms with E-state index in [2.05, 4.69) is 25.7 Å². The maximum Gasteiger partial charge on any atom is 0.0165 e. The second-order valence-electron chi connectivity index (χ2n) is 3.55. The lowest BCUT2D eigenvalue weighted by Gasteiger charge is -2.48. The highest BCUT2D eigenvalue weighted by Gasteiger charge is 2.34. The highest BCUT2D eigenvalue weighted by Crippen LogP contribution is 2.28. The molecular formula is C8H17N. The highest BCUT2D eigenvalue weighted by molar-refractivity contribution is 4.91. The molecule has 0 unspecified atom stereocenters. The van der Waals surface area contributed by atoms with Crippen LogP contribution in [0.1, 0.15) is 33.6 Å². The van der Waals surface area contributed by atoms with Gasteiger partial charge in [-0.25, -0.2) is 0 Å². The maximum atomic E-state index is 2.55. The lowest BCUT2D eigenvalue weighted by Crippen LogP contribution is -2.55. The summed E-state index contributed by atoms with van der Waals surface area (Å²) < 4.78 is 0. The van der Waals surface area contributed by atoms with Crippen LogP contribution in [0.5, 0.6) is 0 Å². The summed E-state index contributed by atoms with van der Waals surface area (Å²) in [5.74, 6) is 0. The van der Waals surface area contributed by atoms with Crippen LogP contribution in [-0.2, 0) is 0 Å². The van der Waals surface area contributed by atoms with Gasteiger partial charge in [0.05, 0.1) is 0 Å². The third-order valence-corrected chi connectivity index (χ3v) is 2.34. The van der Waals surface area contributed by atoms with E-state index in [9.17, 15) is 0 Å². The Morgan fingerprint density at radius 1 is 1.44 bits per heavy atom. The van der Waals surface area contributed by atoms with Crippen LogP contribution >= 0.6 is 0 Å². The van der Waals surface area contributed by atoms with Crippen LogP contribution in [0.15, 0.2) is 0 Å². The Hall–Kier alpha value is -0.0400. The third-order valence-electron chi connectivity index (χ3n) is 2.34. The molecule has 0 atom stereocenters. The van der Waals surface area contributed by atoms with Crippen molar-refractivity contribution >= 4 is 0 Å². The van der Waals surface area contributed by atoms with E-state index in [1.165, 1.54) is 25.9 Å². The first-order chi connectivity index (χ1) is 4.17. The molecule has 1 heteroatoms. The van der Waals surface area contributed by atoms with Gasteiger partial charge in [-0.1, -0.05) is 6.92 Å². The van der Waals surface area contributed by atoms with E-state index >= 15 is 0 Å². The predicted molar refractivity (Wildman–Crippen MR) is 40.6 cm³/mol. The number of nitrogens with zero attached hydrogens (tertiary/aromatic N) is 1. The van der Waals surface area contributed by atoms with Crippen molar-refractivity contribution in [3.05, 3.63) is 0 Å². The highest BCUT2D eigenvalue weighted by atomic mass is 15.2. The molecule has 1 aliphatic rings. The van der Waals surface area contributed by atoms with E-state index in [0.717, 1.165) is 0 Å². The molecule has 1 saturated heterocycles. The third kappa shape index (κ3) is 1.26. The second kappa shape index (κ2) is 2.30. The van der Waals surface area contributed by atoms with Crippen molar-refractivity contribution in [2.24, 2.45) is 0 Å². The van der Waals surface area contributed by atoms with Crippen molar-refractivity contribution in [3.63, 3.8) is 0 Å². The van der Waals surface area contributed by atoms with E-state index in [4.69, 9.17) is 0 Å². The summed E-state index contributed by atoms with van der Waals surface area (Å²) in [6, 6.07) is 0. The topological polar surface area (TPSA) is 3.24 Å². The number of rotatable bonds is 2. The molecule has 0 aliphatic carbocycles. The molecule has 0 amide bonds. The van der Waals surface area contributed by atoms with Crippen LogP contribution in [0, 0.1) is 0 Å². The summed E-state index contributed by atoms with van der Waals surface area (Å²) >= 11 is 0. The number of hydrogen-bond donors (Lipinski definition) is 0.